The topological polar surface area (TPSA) is 67.3 Å². The molecule has 0 saturated heterocycles. The fourth-order valence-electron chi connectivity index (χ4n) is 5.12. The molecule has 1 saturated carbocycles. The molecule has 6 nitrogen and oxygen atoms in total. The first kappa shape index (κ1) is 27.3. The molecular formula is C27H34F4N4O2. The summed E-state index contributed by atoms with van der Waals surface area (Å²) in [5, 5.41) is 2.92. The Kier molecular flexibility index (Phi) is 9.00. The highest BCUT2D eigenvalue weighted by molar-refractivity contribution is 5.95. The van der Waals surface area contributed by atoms with Gasteiger partial charge in [0.2, 0.25) is 5.88 Å². The molecular weight excluding hydrogens is 488 g/mol. The van der Waals surface area contributed by atoms with Crippen molar-refractivity contribution in [2.24, 2.45) is 5.92 Å². The van der Waals surface area contributed by atoms with Gasteiger partial charge in [0.25, 0.3) is 18.3 Å². The molecule has 0 bridgehead atoms. The normalized spacial score (nSPS) is 20.8. The van der Waals surface area contributed by atoms with E-state index in [1.807, 2.05) is 6.07 Å². The Balaban J connectivity index is 1.20. The van der Waals surface area contributed by atoms with Gasteiger partial charge in [0.15, 0.2) is 6.61 Å². The molecule has 37 heavy (non-hydrogen) atoms. The highest BCUT2D eigenvalue weighted by Crippen LogP contribution is 2.28. The summed E-state index contributed by atoms with van der Waals surface area (Å²) in [5.74, 6) is -2.58. The van der Waals surface area contributed by atoms with E-state index in [2.05, 4.69) is 20.2 Å². The zero-order valence-electron chi connectivity index (χ0n) is 21.1. The first-order valence-corrected chi connectivity index (χ1v) is 12.9. The molecule has 0 unspecified atom stereocenters. The number of nitrogens with zero attached hydrogens (tertiary/aromatic N) is 3. The number of nitrogens with one attached hydrogen (secondary N) is 1. The van der Waals surface area contributed by atoms with Gasteiger partial charge in [-0.15, -0.1) is 0 Å². The van der Waals surface area contributed by atoms with Crippen LogP contribution in [0, 0.1) is 5.92 Å². The first-order chi connectivity index (χ1) is 17.7. The second-order valence-corrected chi connectivity index (χ2v) is 10.2. The van der Waals surface area contributed by atoms with E-state index in [0.717, 1.165) is 82.8 Å². The maximum atomic E-state index is 13.2. The molecule has 0 aromatic carbocycles. The molecule has 1 amide bonds. The smallest absolute Gasteiger partial charge is 0.281 e. The molecule has 0 atom stereocenters. The predicted octanol–water partition coefficient (Wildman–Crippen LogP) is 5.23. The monoisotopic (exact) mass is 522 g/mol. The molecule has 2 aliphatic rings. The summed E-state index contributed by atoms with van der Waals surface area (Å²) in [4.78, 5) is 23.1. The minimum absolute atomic E-state index is 0.0164. The van der Waals surface area contributed by atoms with Gasteiger partial charge in [-0.3, -0.25) is 9.78 Å². The van der Waals surface area contributed by atoms with Crippen LogP contribution in [-0.2, 0) is 12.8 Å². The van der Waals surface area contributed by atoms with Gasteiger partial charge >= 0.3 is 0 Å². The van der Waals surface area contributed by atoms with Crippen LogP contribution in [0.5, 0.6) is 5.88 Å². The van der Waals surface area contributed by atoms with Crippen LogP contribution in [0.15, 0.2) is 30.5 Å². The van der Waals surface area contributed by atoms with Crippen molar-refractivity contribution in [3.8, 4) is 5.88 Å². The third kappa shape index (κ3) is 7.87. The number of pyridine rings is 2. The first-order valence-electron chi connectivity index (χ1n) is 12.9. The van der Waals surface area contributed by atoms with E-state index in [4.69, 9.17) is 4.74 Å². The van der Waals surface area contributed by atoms with Gasteiger partial charge in [-0.2, -0.15) is 0 Å². The lowest BCUT2D eigenvalue weighted by atomic mass is 9.84. The number of hydrogen-bond donors (Lipinski definition) is 1. The standard InChI is InChI=1S/C27H34F4N4O2/c1-27(30,31)17-37-23-9-6-19-11-15-35(16-12-22(19)34-23)14-10-18-4-7-20(8-5-18)33-26(36)21-3-2-13-32-24(21)25(28)29/h2-3,6,9,13,18,20,25H,4-5,7-8,10-12,14-17H2,1H3,(H,33,36). The lowest BCUT2D eigenvalue weighted by molar-refractivity contribution is -0.0243. The minimum Gasteiger partial charge on any atom is -0.471 e. The maximum absolute atomic E-state index is 13.2. The van der Waals surface area contributed by atoms with Crippen molar-refractivity contribution in [3.05, 3.63) is 53.0 Å². The number of ether oxygens (including phenoxy) is 1. The maximum Gasteiger partial charge on any atom is 0.281 e. The lowest BCUT2D eigenvalue weighted by Crippen LogP contribution is -2.38. The predicted molar refractivity (Wildman–Crippen MR) is 131 cm³/mol. The van der Waals surface area contributed by atoms with Gasteiger partial charge in [0.1, 0.15) is 5.69 Å². The summed E-state index contributed by atoms with van der Waals surface area (Å²) in [6.45, 7) is 2.89. The highest BCUT2D eigenvalue weighted by atomic mass is 19.3. The highest BCUT2D eigenvalue weighted by Gasteiger charge is 2.26. The number of alkyl halides is 4. The third-order valence-electron chi connectivity index (χ3n) is 7.20. The molecule has 1 aliphatic heterocycles. The molecule has 4 rings (SSSR count). The Bertz CT molecular complexity index is 1050. The van der Waals surface area contributed by atoms with Crippen LogP contribution in [0.25, 0.3) is 0 Å². The number of fused-ring (bicyclic) bond motifs is 1. The summed E-state index contributed by atoms with van der Waals surface area (Å²) < 4.78 is 57.7. The number of hydrogen-bond acceptors (Lipinski definition) is 5. The number of halogens is 4. The van der Waals surface area contributed by atoms with Crippen molar-refractivity contribution in [1.82, 2.24) is 20.2 Å². The van der Waals surface area contributed by atoms with E-state index in [-0.39, 0.29) is 17.5 Å². The summed E-state index contributed by atoms with van der Waals surface area (Å²) >= 11 is 0. The van der Waals surface area contributed by atoms with Gasteiger partial charge in [0.05, 0.1) is 5.56 Å². The number of rotatable bonds is 9. The molecule has 1 aliphatic carbocycles. The Morgan fingerprint density at radius 3 is 2.65 bits per heavy atom. The van der Waals surface area contributed by atoms with E-state index in [0.29, 0.717) is 5.92 Å². The van der Waals surface area contributed by atoms with E-state index in [1.165, 1.54) is 18.3 Å². The Morgan fingerprint density at radius 1 is 1.16 bits per heavy atom. The van der Waals surface area contributed by atoms with Crippen molar-refractivity contribution < 1.29 is 27.1 Å². The number of aromatic nitrogens is 2. The van der Waals surface area contributed by atoms with Crippen LogP contribution >= 0.6 is 0 Å². The zero-order chi connectivity index (χ0) is 26.4. The number of amides is 1. The fraction of sp³-hybridized carbons (Fsp3) is 0.593. The van der Waals surface area contributed by atoms with Gasteiger partial charge in [-0.25, -0.2) is 22.5 Å². The molecule has 0 spiro atoms. The molecule has 3 heterocycles. The average Bonchev–Trinajstić information content (AvgIpc) is 3.08. The van der Waals surface area contributed by atoms with Gasteiger partial charge in [-0.1, -0.05) is 6.07 Å². The van der Waals surface area contributed by atoms with E-state index < -0.39 is 30.6 Å². The van der Waals surface area contributed by atoms with E-state index in [1.54, 1.807) is 6.07 Å². The third-order valence-corrected chi connectivity index (χ3v) is 7.20. The SMILES string of the molecule is CC(F)(F)COc1ccc2c(n1)CCN(CCC1CCC(NC(=O)c3cccnc3C(F)F)CC1)CC2. The minimum atomic E-state index is -2.90. The Labute approximate surface area is 214 Å². The van der Waals surface area contributed by atoms with Crippen LogP contribution < -0.4 is 10.1 Å². The quantitative estimate of drug-likeness (QED) is 0.457. The van der Waals surface area contributed by atoms with Crippen LogP contribution in [0.1, 0.15) is 72.8 Å². The molecule has 0 radical (unpaired) electrons. The van der Waals surface area contributed by atoms with Crippen molar-refractivity contribution in [2.75, 3.05) is 26.2 Å². The summed E-state index contributed by atoms with van der Waals surface area (Å²) in [6, 6.07) is 6.47. The summed E-state index contributed by atoms with van der Waals surface area (Å²) in [6.07, 6.45) is 4.78. The second kappa shape index (κ2) is 12.2. The molecule has 10 heteroatoms. The lowest BCUT2D eigenvalue weighted by Gasteiger charge is -2.31. The van der Waals surface area contributed by atoms with Crippen LogP contribution in [0.3, 0.4) is 0 Å². The number of carbonyl (C=O) groups excluding carboxylic acids is 1. The Morgan fingerprint density at radius 2 is 1.92 bits per heavy atom. The average molecular weight is 523 g/mol. The van der Waals surface area contributed by atoms with Gasteiger partial charge in [0, 0.05) is 50.4 Å². The fourth-order valence-corrected chi connectivity index (χ4v) is 5.12. The second-order valence-electron chi connectivity index (χ2n) is 10.2. The molecule has 1 N–H and O–H groups in total. The van der Waals surface area contributed by atoms with Crippen molar-refractivity contribution >= 4 is 5.91 Å². The van der Waals surface area contributed by atoms with Crippen molar-refractivity contribution in [1.29, 1.82) is 0 Å². The van der Waals surface area contributed by atoms with Crippen molar-refractivity contribution in [2.45, 2.75) is 70.3 Å². The van der Waals surface area contributed by atoms with E-state index >= 15 is 0 Å². The van der Waals surface area contributed by atoms with E-state index in [9.17, 15) is 22.4 Å². The van der Waals surface area contributed by atoms with Gasteiger partial charge in [-0.05, 0) is 68.7 Å². The van der Waals surface area contributed by atoms with Gasteiger partial charge < -0.3 is 15.0 Å². The number of carbonyl (C=O) groups is 1. The molecule has 1 fully saturated rings. The molecule has 2 aromatic heterocycles. The molecule has 2 aromatic rings. The zero-order valence-corrected chi connectivity index (χ0v) is 21.1. The van der Waals surface area contributed by atoms with Crippen LogP contribution in [0.2, 0.25) is 0 Å². The van der Waals surface area contributed by atoms with Crippen LogP contribution in [-0.4, -0.2) is 59.0 Å². The largest absolute Gasteiger partial charge is 0.471 e. The van der Waals surface area contributed by atoms with Crippen molar-refractivity contribution in [3.63, 3.8) is 0 Å². The Hall–Kier alpha value is -2.75. The van der Waals surface area contributed by atoms with Crippen LogP contribution in [0.4, 0.5) is 17.6 Å². The summed E-state index contributed by atoms with van der Waals surface area (Å²) in [7, 11) is 0. The summed E-state index contributed by atoms with van der Waals surface area (Å²) in [5.41, 5.74) is 1.52. The molecule has 202 valence electrons.